The van der Waals surface area contributed by atoms with E-state index >= 15 is 0 Å². The Morgan fingerprint density at radius 3 is 2.73 bits per heavy atom. The summed E-state index contributed by atoms with van der Waals surface area (Å²) in [6, 6.07) is 9.21. The van der Waals surface area contributed by atoms with Crippen molar-refractivity contribution in [2.24, 2.45) is 5.92 Å². The lowest BCUT2D eigenvalue weighted by Gasteiger charge is -2.20. The molecule has 1 unspecified atom stereocenters. The molecule has 0 N–H and O–H groups in total. The van der Waals surface area contributed by atoms with Crippen molar-refractivity contribution in [1.29, 1.82) is 5.26 Å². The van der Waals surface area contributed by atoms with Crippen molar-refractivity contribution >= 4 is 17.5 Å². The molecule has 0 aliphatic carbocycles. The van der Waals surface area contributed by atoms with Crippen LogP contribution in [-0.2, 0) is 9.59 Å². The highest BCUT2D eigenvalue weighted by molar-refractivity contribution is 6.00. The number of rotatable bonds is 5. The van der Waals surface area contributed by atoms with Gasteiger partial charge in [-0.05, 0) is 24.3 Å². The zero-order chi connectivity index (χ0) is 16.1. The molecule has 1 aliphatic heterocycles. The van der Waals surface area contributed by atoms with Crippen molar-refractivity contribution in [1.82, 2.24) is 4.90 Å². The number of carbonyl (C=O) groups excluding carboxylic acids is 2. The fraction of sp³-hybridized carbons (Fsp3) is 0.438. The standard InChI is InChI=1S/C16H19N3O3/c1-18(9-3-8-17)16(21)12-10-15(20)19(11-12)13-4-6-14(22-2)7-5-13/h4-7,12H,3,9-11H2,1-2H3. The van der Waals surface area contributed by atoms with Gasteiger partial charge in [0.25, 0.3) is 0 Å². The van der Waals surface area contributed by atoms with E-state index in [0.29, 0.717) is 19.5 Å². The van der Waals surface area contributed by atoms with Crippen LogP contribution in [0.3, 0.4) is 0 Å². The Morgan fingerprint density at radius 2 is 2.14 bits per heavy atom. The van der Waals surface area contributed by atoms with Crippen LogP contribution in [0.2, 0.25) is 0 Å². The lowest BCUT2D eigenvalue weighted by atomic mass is 10.1. The molecule has 0 radical (unpaired) electrons. The maximum Gasteiger partial charge on any atom is 0.227 e. The van der Waals surface area contributed by atoms with E-state index in [1.165, 1.54) is 4.90 Å². The van der Waals surface area contributed by atoms with E-state index in [0.717, 1.165) is 11.4 Å². The SMILES string of the molecule is COc1ccc(N2CC(C(=O)N(C)CCC#N)CC2=O)cc1. The summed E-state index contributed by atoms with van der Waals surface area (Å²) in [6.07, 6.45) is 0.507. The molecule has 1 aromatic carbocycles. The summed E-state index contributed by atoms with van der Waals surface area (Å²) in [5.74, 6) is 0.231. The van der Waals surface area contributed by atoms with Crippen LogP contribution >= 0.6 is 0 Å². The molecule has 0 bridgehead atoms. The van der Waals surface area contributed by atoms with E-state index in [1.54, 1.807) is 31.2 Å². The molecule has 1 saturated heterocycles. The molecule has 1 fully saturated rings. The topological polar surface area (TPSA) is 73.6 Å². The van der Waals surface area contributed by atoms with Crippen LogP contribution in [-0.4, -0.2) is 44.0 Å². The Balaban J connectivity index is 2.03. The first kappa shape index (κ1) is 15.8. The molecular weight excluding hydrogens is 282 g/mol. The van der Waals surface area contributed by atoms with E-state index in [2.05, 4.69) is 0 Å². The molecule has 2 rings (SSSR count). The Kier molecular flexibility index (Phi) is 4.99. The summed E-state index contributed by atoms with van der Waals surface area (Å²) < 4.78 is 5.10. The van der Waals surface area contributed by atoms with Crippen molar-refractivity contribution in [3.63, 3.8) is 0 Å². The molecule has 1 heterocycles. The number of hydrogen-bond acceptors (Lipinski definition) is 4. The molecule has 6 nitrogen and oxygen atoms in total. The van der Waals surface area contributed by atoms with E-state index in [4.69, 9.17) is 10.00 Å². The molecule has 1 atom stereocenters. The van der Waals surface area contributed by atoms with Gasteiger partial charge in [0, 0.05) is 32.2 Å². The van der Waals surface area contributed by atoms with Crippen LogP contribution in [0.15, 0.2) is 24.3 Å². The van der Waals surface area contributed by atoms with E-state index in [9.17, 15) is 9.59 Å². The van der Waals surface area contributed by atoms with Gasteiger partial charge in [-0.15, -0.1) is 0 Å². The van der Waals surface area contributed by atoms with E-state index in [1.807, 2.05) is 18.2 Å². The highest BCUT2D eigenvalue weighted by Gasteiger charge is 2.36. The van der Waals surface area contributed by atoms with Crippen molar-refractivity contribution in [3.8, 4) is 11.8 Å². The first-order valence-corrected chi connectivity index (χ1v) is 7.13. The number of ether oxygens (including phenoxy) is 1. The largest absolute Gasteiger partial charge is 0.497 e. The third-order valence-corrected chi connectivity index (χ3v) is 3.79. The number of nitriles is 1. The molecule has 0 saturated carbocycles. The van der Waals surface area contributed by atoms with Gasteiger partial charge in [0.05, 0.1) is 25.5 Å². The highest BCUT2D eigenvalue weighted by atomic mass is 16.5. The number of anilines is 1. The van der Waals surface area contributed by atoms with Crippen LogP contribution in [0.5, 0.6) is 5.75 Å². The van der Waals surface area contributed by atoms with Crippen LogP contribution < -0.4 is 9.64 Å². The van der Waals surface area contributed by atoms with Crippen LogP contribution in [0.25, 0.3) is 0 Å². The zero-order valence-corrected chi connectivity index (χ0v) is 12.8. The van der Waals surface area contributed by atoms with Gasteiger partial charge in [0.1, 0.15) is 5.75 Å². The van der Waals surface area contributed by atoms with E-state index < -0.39 is 0 Å². The predicted molar refractivity (Wildman–Crippen MR) is 81.3 cm³/mol. The van der Waals surface area contributed by atoms with Crippen molar-refractivity contribution in [3.05, 3.63) is 24.3 Å². The number of nitrogens with zero attached hydrogens (tertiary/aromatic N) is 3. The van der Waals surface area contributed by atoms with Crippen LogP contribution in [0.1, 0.15) is 12.8 Å². The van der Waals surface area contributed by atoms with Crippen molar-refractivity contribution < 1.29 is 14.3 Å². The average molecular weight is 301 g/mol. The lowest BCUT2D eigenvalue weighted by molar-refractivity contribution is -0.134. The van der Waals surface area contributed by atoms with E-state index in [-0.39, 0.29) is 24.2 Å². The summed E-state index contributed by atoms with van der Waals surface area (Å²) >= 11 is 0. The Hall–Kier alpha value is -2.55. The molecule has 0 spiro atoms. The smallest absolute Gasteiger partial charge is 0.227 e. The number of carbonyl (C=O) groups is 2. The van der Waals surface area contributed by atoms with Gasteiger partial charge >= 0.3 is 0 Å². The number of methoxy groups -OCH3 is 1. The number of benzene rings is 1. The van der Waals surface area contributed by atoms with Gasteiger partial charge in [0.2, 0.25) is 11.8 Å². The zero-order valence-electron chi connectivity index (χ0n) is 12.8. The molecule has 22 heavy (non-hydrogen) atoms. The maximum atomic E-state index is 12.3. The quantitative estimate of drug-likeness (QED) is 0.824. The molecule has 0 aromatic heterocycles. The minimum Gasteiger partial charge on any atom is -0.497 e. The third-order valence-electron chi connectivity index (χ3n) is 3.79. The normalized spacial score (nSPS) is 17.2. The fourth-order valence-electron chi connectivity index (χ4n) is 2.52. The van der Waals surface area contributed by atoms with Gasteiger partial charge in [0.15, 0.2) is 0 Å². The molecule has 6 heteroatoms. The second-order valence-electron chi connectivity index (χ2n) is 5.27. The summed E-state index contributed by atoms with van der Waals surface area (Å²) in [5, 5.41) is 8.58. The van der Waals surface area contributed by atoms with Crippen LogP contribution in [0.4, 0.5) is 5.69 Å². The number of amides is 2. The molecule has 2 amide bonds. The summed E-state index contributed by atoms with van der Waals surface area (Å²) in [6.45, 7) is 0.767. The van der Waals surface area contributed by atoms with Gasteiger partial charge in [-0.2, -0.15) is 5.26 Å². The first-order valence-electron chi connectivity index (χ1n) is 7.13. The highest BCUT2D eigenvalue weighted by Crippen LogP contribution is 2.27. The minimum atomic E-state index is -0.349. The molecule has 1 aliphatic rings. The first-order chi connectivity index (χ1) is 10.6. The summed E-state index contributed by atoms with van der Waals surface area (Å²) in [4.78, 5) is 27.6. The van der Waals surface area contributed by atoms with Crippen LogP contribution in [0, 0.1) is 17.2 Å². The second kappa shape index (κ2) is 6.94. The Morgan fingerprint density at radius 1 is 1.45 bits per heavy atom. The summed E-state index contributed by atoms with van der Waals surface area (Å²) in [5.41, 5.74) is 0.765. The monoisotopic (exact) mass is 301 g/mol. The van der Waals surface area contributed by atoms with Gasteiger partial charge in [-0.3, -0.25) is 9.59 Å². The summed E-state index contributed by atoms with van der Waals surface area (Å²) in [7, 11) is 3.25. The van der Waals surface area contributed by atoms with Gasteiger partial charge in [-0.25, -0.2) is 0 Å². The van der Waals surface area contributed by atoms with Crippen molar-refractivity contribution in [2.45, 2.75) is 12.8 Å². The molecular formula is C16H19N3O3. The Labute approximate surface area is 129 Å². The lowest BCUT2D eigenvalue weighted by Crippen LogP contribution is -2.35. The average Bonchev–Trinajstić information content (AvgIpc) is 2.93. The third kappa shape index (κ3) is 3.37. The number of hydrogen-bond donors (Lipinski definition) is 0. The fourth-order valence-corrected chi connectivity index (χ4v) is 2.52. The van der Waals surface area contributed by atoms with Gasteiger partial charge in [-0.1, -0.05) is 0 Å². The minimum absolute atomic E-state index is 0.0581. The Bertz CT molecular complexity index is 592. The van der Waals surface area contributed by atoms with Crippen molar-refractivity contribution in [2.75, 3.05) is 32.1 Å². The van der Waals surface area contributed by atoms with Gasteiger partial charge < -0.3 is 14.5 Å². The maximum absolute atomic E-state index is 12.3. The predicted octanol–water partition coefficient (Wildman–Crippen LogP) is 1.42. The second-order valence-corrected chi connectivity index (χ2v) is 5.27. The molecule has 116 valence electrons. The molecule has 1 aromatic rings.